The zero-order chi connectivity index (χ0) is 9.84. The predicted octanol–water partition coefficient (Wildman–Crippen LogP) is 1.97. The van der Waals surface area contributed by atoms with Gasteiger partial charge in [-0.3, -0.25) is 10.1 Å². The minimum atomic E-state index is -0.434. The van der Waals surface area contributed by atoms with Gasteiger partial charge in [-0.05, 0) is 12.5 Å². The summed E-state index contributed by atoms with van der Waals surface area (Å²) in [4.78, 5) is 10.1. The average molecular weight is 176 g/mol. The van der Waals surface area contributed by atoms with Crippen molar-refractivity contribution in [3.05, 3.63) is 39.4 Å². The molecule has 1 rings (SSSR count). The summed E-state index contributed by atoms with van der Waals surface area (Å²) in [6.07, 6.45) is 0.209. The maximum absolute atomic E-state index is 10.5. The number of nitriles is 1. The first kappa shape index (κ1) is 9.20. The predicted molar refractivity (Wildman–Crippen MR) is 47.2 cm³/mol. The molecule has 4 heteroatoms. The van der Waals surface area contributed by atoms with Crippen molar-refractivity contribution in [1.29, 1.82) is 5.26 Å². The zero-order valence-electron chi connectivity index (χ0n) is 7.15. The van der Waals surface area contributed by atoms with E-state index in [0.717, 1.165) is 0 Å². The molecule has 1 aromatic carbocycles. The largest absolute Gasteiger partial charge is 0.272 e. The molecule has 4 nitrogen and oxygen atoms in total. The molecule has 0 fully saturated rings. The van der Waals surface area contributed by atoms with Gasteiger partial charge in [0.05, 0.1) is 17.4 Å². The first-order chi connectivity index (χ1) is 6.15. The normalized spacial score (nSPS) is 9.23. The van der Waals surface area contributed by atoms with Crippen molar-refractivity contribution >= 4 is 5.69 Å². The number of rotatable bonds is 2. The van der Waals surface area contributed by atoms with Gasteiger partial charge in [0.2, 0.25) is 0 Å². The molecular weight excluding hydrogens is 168 g/mol. The Kier molecular flexibility index (Phi) is 2.60. The summed E-state index contributed by atoms with van der Waals surface area (Å²) in [5, 5.41) is 18.9. The number of nitrogens with zero attached hydrogens (tertiary/aromatic N) is 2. The molecule has 0 aliphatic rings. The van der Waals surface area contributed by atoms with Crippen LogP contribution in [0, 0.1) is 28.4 Å². The van der Waals surface area contributed by atoms with Crippen molar-refractivity contribution in [3.8, 4) is 6.07 Å². The van der Waals surface area contributed by atoms with Gasteiger partial charge >= 0.3 is 0 Å². The van der Waals surface area contributed by atoms with Crippen LogP contribution in [0.25, 0.3) is 0 Å². The van der Waals surface area contributed by atoms with E-state index in [4.69, 9.17) is 5.26 Å². The molecule has 0 bridgehead atoms. The molecule has 0 atom stereocenters. The van der Waals surface area contributed by atoms with Gasteiger partial charge in [0.15, 0.2) is 0 Å². The first-order valence-electron chi connectivity index (χ1n) is 3.76. The Balaban J connectivity index is 3.13. The second-order valence-corrected chi connectivity index (χ2v) is 2.71. The van der Waals surface area contributed by atoms with Crippen LogP contribution in [0.2, 0.25) is 0 Å². The summed E-state index contributed by atoms with van der Waals surface area (Å²) < 4.78 is 0. The number of hydrogen-bond acceptors (Lipinski definition) is 3. The Bertz CT molecular complexity index is 380. The molecule has 0 unspecified atom stereocenters. The van der Waals surface area contributed by atoms with Gasteiger partial charge in [0.1, 0.15) is 0 Å². The lowest BCUT2D eigenvalue weighted by Crippen LogP contribution is -1.93. The van der Waals surface area contributed by atoms with Crippen LogP contribution in [0.5, 0.6) is 0 Å². The maximum atomic E-state index is 10.5. The number of aryl methyl sites for hydroxylation is 1. The lowest BCUT2D eigenvalue weighted by Gasteiger charge is -1.98. The van der Waals surface area contributed by atoms with Crippen molar-refractivity contribution in [2.75, 3.05) is 0 Å². The molecule has 0 aromatic heterocycles. The monoisotopic (exact) mass is 176 g/mol. The summed E-state index contributed by atoms with van der Waals surface area (Å²) in [6.45, 7) is 1.67. The molecule has 0 saturated carbocycles. The van der Waals surface area contributed by atoms with Gasteiger partial charge in [0, 0.05) is 11.6 Å². The van der Waals surface area contributed by atoms with Crippen LogP contribution in [0.4, 0.5) is 5.69 Å². The van der Waals surface area contributed by atoms with Crippen LogP contribution in [0.15, 0.2) is 18.2 Å². The fraction of sp³-hybridized carbons (Fsp3) is 0.222. The van der Waals surface area contributed by atoms with E-state index in [9.17, 15) is 10.1 Å². The second-order valence-electron chi connectivity index (χ2n) is 2.71. The second kappa shape index (κ2) is 3.68. The molecule has 0 amide bonds. The van der Waals surface area contributed by atoms with Crippen LogP contribution in [-0.4, -0.2) is 4.92 Å². The highest BCUT2D eigenvalue weighted by Gasteiger charge is 2.10. The van der Waals surface area contributed by atoms with Crippen molar-refractivity contribution in [2.24, 2.45) is 0 Å². The van der Waals surface area contributed by atoms with Crippen LogP contribution < -0.4 is 0 Å². The molecule has 13 heavy (non-hydrogen) atoms. The number of hydrogen-bond donors (Lipinski definition) is 0. The highest BCUT2D eigenvalue weighted by atomic mass is 16.6. The van der Waals surface area contributed by atoms with Crippen LogP contribution in [0.1, 0.15) is 11.1 Å². The van der Waals surface area contributed by atoms with Gasteiger partial charge in [-0.25, -0.2) is 0 Å². The Labute approximate surface area is 75.6 Å². The summed E-state index contributed by atoms with van der Waals surface area (Å²) in [6, 6.07) is 6.78. The third-order valence-corrected chi connectivity index (χ3v) is 1.75. The molecule has 0 aliphatic heterocycles. The fourth-order valence-electron chi connectivity index (χ4n) is 1.05. The van der Waals surface area contributed by atoms with E-state index in [0.29, 0.717) is 11.1 Å². The summed E-state index contributed by atoms with van der Waals surface area (Å²) in [7, 11) is 0. The number of nitro benzene ring substituents is 1. The fourth-order valence-corrected chi connectivity index (χ4v) is 1.05. The Morgan fingerprint density at radius 2 is 2.31 bits per heavy atom. The number of nitro groups is 1. The van der Waals surface area contributed by atoms with Gasteiger partial charge < -0.3 is 0 Å². The van der Waals surface area contributed by atoms with E-state index in [1.54, 1.807) is 19.1 Å². The molecule has 0 aliphatic carbocycles. The minimum Gasteiger partial charge on any atom is -0.258 e. The Morgan fingerprint density at radius 1 is 1.62 bits per heavy atom. The summed E-state index contributed by atoms with van der Waals surface area (Å²) in [5.41, 5.74) is 1.37. The standard InChI is InChI=1S/C9H8N2O2/c1-7-2-3-8(4-5-10)6-9(7)11(12)13/h2-3,6H,4H2,1H3. The molecular formula is C9H8N2O2. The van der Waals surface area contributed by atoms with Gasteiger partial charge in [-0.1, -0.05) is 12.1 Å². The topological polar surface area (TPSA) is 66.9 Å². The van der Waals surface area contributed by atoms with Gasteiger partial charge in [-0.2, -0.15) is 5.26 Å². The van der Waals surface area contributed by atoms with E-state index >= 15 is 0 Å². The third kappa shape index (κ3) is 2.03. The van der Waals surface area contributed by atoms with Gasteiger partial charge in [-0.15, -0.1) is 0 Å². The Morgan fingerprint density at radius 3 is 2.85 bits per heavy atom. The van der Waals surface area contributed by atoms with E-state index in [2.05, 4.69) is 0 Å². The molecule has 66 valence electrons. The van der Waals surface area contributed by atoms with Crippen molar-refractivity contribution in [2.45, 2.75) is 13.3 Å². The molecule has 0 heterocycles. The lowest BCUT2D eigenvalue weighted by atomic mass is 10.1. The highest BCUT2D eigenvalue weighted by molar-refractivity contribution is 5.42. The van der Waals surface area contributed by atoms with Crippen LogP contribution in [-0.2, 0) is 6.42 Å². The average Bonchev–Trinajstić information content (AvgIpc) is 2.08. The van der Waals surface area contributed by atoms with Crippen LogP contribution >= 0.6 is 0 Å². The van der Waals surface area contributed by atoms with E-state index in [-0.39, 0.29) is 12.1 Å². The zero-order valence-corrected chi connectivity index (χ0v) is 7.15. The third-order valence-electron chi connectivity index (χ3n) is 1.75. The van der Waals surface area contributed by atoms with E-state index < -0.39 is 4.92 Å². The minimum absolute atomic E-state index is 0.0766. The lowest BCUT2D eigenvalue weighted by molar-refractivity contribution is -0.385. The van der Waals surface area contributed by atoms with Gasteiger partial charge in [0.25, 0.3) is 5.69 Å². The van der Waals surface area contributed by atoms with Crippen molar-refractivity contribution in [3.63, 3.8) is 0 Å². The van der Waals surface area contributed by atoms with Crippen molar-refractivity contribution in [1.82, 2.24) is 0 Å². The van der Waals surface area contributed by atoms with E-state index in [1.165, 1.54) is 6.07 Å². The smallest absolute Gasteiger partial charge is 0.258 e. The quantitative estimate of drug-likeness (QED) is 0.511. The SMILES string of the molecule is Cc1ccc(CC#N)cc1[N+](=O)[O-]. The Hall–Kier alpha value is -1.89. The molecule has 0 spiro atoms. The highest BCUT2D eigenvalue weighted by Crippen LogP contribution is 2.19. The molecule has 0 radical (unpaired) electrons. The van der Waals surface area contributed by atoms with Crippen LogP contribution in [0.3, 0.4) is 0 Å². The number of benzene rings is 1. The summed E-state index contributed by atoms with van der Waals surface area (Å²) >= 11 is 0. The van der Waals surface area contributed by atoms with Crippen molar-refractivity contribution < 1.29 is 4.92 Å². The molecule has 1 aromatic rings. The molecule has 0 saturated heterocycles. The van der Waals surface area contributed by atoms with E-state index in [1.807, 2.05) is 6.07 Å². The maximum Gasteiger partial charge on any atom is 0.272 e. The first-order valence-corrected chi connectivity index (χ1v) is 3.76. The summed E-state index contributed by atoms with van der Waals surface area (Å²) in [5.74, 6) is 0. The molecule has 0 N–H and O–H groups in total.